The molecule has 27 heavy (non-hydrogen) atoms. The van der Waals surface area contributed by atoms with Gasteiger partial charge in [-0.25, -0.2) is 0 Å². The standard InChI is InChI=1S/C27H40/c1-21(2)11-9-12-23(5)13-10-14-25(22(3)4)18-15-24-16-19-26(20-17-24)27(6,7)8/h11,13,16-20H,3,9-10,12,14-15H2,1-2,4-8H3/b23-13+,25-18-. The Hall–Kier alpha value is -1.82. The topological polar surface area (TPSA) is 0 Å². The monoisotopic (exact) mass is 364 g/mol. The smallest absolute Gasteiger partial charge is 0.00915 e. The summed E-state index contributed by atoms with van der Waals surface area (Å²) in [4.78, 5) is 0. The van der Waals surface area contributed by atoms with E-state index in [1.807, 2.05) is 0 Å². The fourth-order valence-electron chi connectivity index (χ4n) is 3.04. The van der Waals surface area contributed by atoms with Gasteiger partial charge < -0.3 is 0 Å². The van der Waals surface area contributed by atoms with Gasteiger partial charge in [-0.1, -0.05) is 86.6 Å². The maximum Gasteiger partial charge on any atom is -0.00915 e. The third-order valence-electron chi connectivity index (χ3n) is 4.95. The van der Waals surface area contributed by atoms with Gasteiger partial charge in [-0.2, -0.15) is 0 Å². The summed E-state index contributed by atoms with van der Waals surface area (Å²) in [5.74, 6) is 0. The number of hydrogen-bond donors (Lipinski definition) is 0. The maximum absolute atomic E-state index is 4.18. The van der Waals surface area contributed by atoms with Crippen LogP contribution in [0.15, 0.2) is 71.4 Å². The van der Waals surface area contributed by atoms with Crippen LogP contribution in [0, 0.1) is 0 Å². The Balaban J connectivity index is 2.62. The van der Waals surface area contributed by atoms with Gasteiger partial charge in [0, 0.05) is 0 Å². The van der Waals surface area contributed by atoms with E-state index in [0.717, 1.165) is 32.1 Å². The summed E-state index contributed by atoms with van der Waals surface area (Å²) in [7, 11) is 0. The van der Waals surface area contributed by atoms with Crippen molar-refractivity contribution in [3.05, 3.63) is 82.5 Å². The first kappa shape index (κ1) is 23.2. The molecule has 0 fully saturated rings. The van der Waals surface area contributed by atoms with Crippen LogP contribution in [0.25, 0.3) is 0 Å². The Morgan fingerprint density at radius 3 is 1.96 bits per heavy atom. The van der Waals surface area contributed by atoms with Crippen LogP contribution in [0.2, 0.25) is 0 Å². The Kier molecular flexibility index (Phi) is 9.56. The molecule has 1 aromatic carbocycles. The highest BCUT2D eigenvalue weighted by Crippen LogP contribution is 2.23. The van der Waals surface area contributed by atoms with E-state index in [9.17, 15) is 0 Å². The van der Waals surface area contributed by atoms with Crippen LogP contribution in [-0.4, -0.2) is 0 Å². The molecule has 0 bridgehead atoms. The van der Waals surface area contributed by atoms with E-state index in [1.165, 1.54) is 33.4 Å². The van der Waals surface area contributed by atoms with Gasteiger partial charge >= 0.3 is 0 Å². The van der Waals surface area contributed by atoms with Crippen molar-refractivity contribution < 1.29 is 0 Å². The van der Waals surface area contributed by atoms with Crippen LogP contribution in [0.3, 0.4) is 0 Å². The first-order chi connectivity index (χ1) is 12.6. The first-order valence-corrected chi connectivity index (χ1v) is 10.3. The van der Waals surface area contributed by atoms with Crippen LogP contribution in [0.4, 0.5) is 0 Å². The SMILES string of the molecule is C=C(C)/C(=C\Cc1ccc(C(C)(C)C)cc1)CC/C=C(\C)CCC=C(C)C. The average Bonchev–Trinajstić information content (AvgIpc) is 2.56. The minimum Gasteiger partial charge on any atom is -0.0958 e. The fraction of sp³-hybridized carbons (Fsp3) is 0.481. The molecular weight excluding hydrogens is 324 g/mol. The lowest BCUT2D eigenvalue weighted by atomic mass is 9.86. The molecule has 0 atom stereocenters. The zero-order valence-corrected chi connectivity index (χ0v) is 18.8. The zero-order chi connectivity index (χ0) is 20.4. The van der Waals surface area contributed by atoms with Gasteiger partial charge in [0.15, 0.2) is 0 Å². The van der Waals surface area contributed by atoms with Crippen molar-refractivity contribution >= 4 is 0 Å². The molecule has 1 rings (SSSR count). The van der Waals surface area contributed by atoms with Crippen molar-refractivity contribution in [1.82, 2.24) is 0 Å². The molecule has 0 saturated heterocycles. The van der Waals surface area contributed by atoms with Crippen molar-refractivity contribution in [2.75, 3.05) is 0 Å². The molecule has 0 saturated carbocycles. The fourth-order valence-corrected chi connectivity index (χ4v) is 3.04. The molecule has 0 unspecified atom stereocenters. The lowest BCUT2D eigenvalue weighted by Gasteiger charge is -2.19. The van der Waals surface area contributed by atoms with E-state index < -0.39 is 0 Å². The van der Waals surface area contributed by atoms with Crippen molar-refractivity contribution in [2.45, 2.75) is 86.0 Å². The summed E-state index contributed by atoms with van der Waals surface area (Å²) < 4.78 is 0. The van der Waals surface area contributed by atoms with Gasteiger partial charge in [-0.05, 0) is 81.9 Å². The van der Waals surface area contributed by atoms with Crippen LogP contribution in [-0.2, 0) is 11.8 Å². The average molecular weight is 365 g/mol. The van der Waals surface area contributed by atoms with Crippen molar-refractivity contribution in [2.24, 2.45) is 0 Å². The highest BCUT2D eigenvalue weighted by molar-refractivity contribution is 5.32. The molecule has 0 radical (unpaired) electrons. The first-order valence-electron chi connectivity index (χ1n) is 10.3. The third kappa shape index (κ3) is 9.61. The Labute approximate surface area is 168 Å². The van der Waals surface area contributed by atoms with Gasteiger partial charge in [0.25, 0.3) is 0 Å². The molecular formula is C27H40. The van der Waals surface area contributed by atoms with E-state index in [0.29, 0.717) is 0 Å². The van der Waals surface area contributed by atoms with Crippen LogP contribution in [0.5, 0.6) is 0 Å². The van der Waals surface area contributed by atoms with Crippen LogP contribution in [0.1, 0.15) is 85.3 Å². The predicted octanol–water partition coefficient (Wildman–Crippen LogP) is 8.50. The molecule has 1 aromatic rings. The van der Waals surface area contributed by atoms with E-state index >= 15 is 0 Å². The Morgan fingerprint density at radius 1 is 0.852 bits per heavy atom. The highest BCUT2D eigenvalue weighted by atomic mass is 14.2. The van der Waals surface area contributed by atoms with E-state index in [1.54, 1.807) is 0 Å². The lowest BCUT2D eigenvalue weighted by molar-refractivity contribution is 0.590. The number of allylic oxidation sites excluding steroid dienone is 7. The second-order valence-corrected chi connectivity index (χ2v) is 9.07. The van der Waals surface area contributed by atoms with Gasteiger partial charge in [0.1, 0.15) is 0 Å². The molecule has 0 heteroatoms. The second kappa shape index (κ2) is 11.1. The molecule has 0 spiro atoms. The van der Waals surface area contributed by atoms with E-state index in [2.05, 4.69) is 97.5 Å². The molecule has 0 aliphatic heterocycles. The van der Waals surface area contributed by atoms with Gasteiger partial charge in [-0.15, -0.1) is 0 Å². The van der Waals surface area contributed by atoms with Crippen molar-refractivity contribution in [1.29, 1.82) is 0 Å². The molecule has 0 aromatic heterocycles. The summed E-state index contributed by atoms with van der Waals surface area (Å²) in [5, 5.41) is 0. The molecule has 0 aliphatic carbocycles. The Bertz CT molecular complexity index is 681. The minimum absolute atomic E-state index is 0.215. The molecule has 0 heterocycles. The van der Waals surface area contributed by atoms with Gasteiger partial charge in [-0.3, -0.25) is 0 Å². The van der Waals surface area contributed by atoms with Gasteiger partial charge in [0.05, 0.1) is 0 Å². The summed E-state index contributed by atoms with van der Waals surface area (Å²) in [6.45, 7) is 19.7. The van der Waals surface area contributed by atoms with Crippen molar-refractivity contribution in [3.63, 3.8) is 0 Å². The molecule has 0 aliphatic rings. The summed E-state index contributed by atoms with van der Waals surface area (Å²) in [6, 6.07) is 9.06. The molecule has 0 N–H and O–H groups in total. The van der Waals surface area contributed by atoms with Gasteiger partial charge in [0.2, 0.25) is 0 Å². The summed E-state index contributed by atoms with van der Waals surface area (Å²) >= 11 is 0. The summed E-state index contributed by atoms with van der Waals surface area (Å²) in [6.07, 6.45) is 12.6. The maximum atomic E-state index is 4.18. The molecule has 0 amide bonds. The highest BCUT2D eigenvalue weighted by Gasteiger charge is 2.12. The minimum atomic E-state index is 0.215. The normalized spacial score (nSPS) is 12.9. The van der Waals surface area contributed by atoms with E-state index in [-0.39, 0.29) is 5.41 Å². The molecule has 148 valence electrons. The number of rotatable bonds is 9. The largest absolute Gasteiger partial charge is 0.0958 e. The summed E-state index contributed by atoms with van der Waals surface area (Å²) in [5.41, 5.74) is 8.46. The quantitative estimate of drug-likeness (QED) is 0.304. The predicted molar refractivity (Wildman–Crippen MR) is 123 cm³/mol. The number of benzene rings is 1. The van der Waals surface area contributed by atoms with E-state index in [4.69, 9.17) is 0 Å². The zero-order valence-electron chi connectivity index (χ0n) is 18.8. The molecule has 0 nitrogen and oxygen atoms in total. The Morgan fingerprint density at radius 2 is 1.44 bits per heavy atom. The van der Waals surface area contributed by atoms with Crippen LogP contribution < -0.4 is 0 Å². The second-order valence-electron chi connectivity index (χ2n) is 9.07. The van der Waals surface area contributed by atoms with Crippen LogP contribution >= 0.6 is 0 Å². The lowest BCUT2D eigenvalue weighted by Crippen LogP contribution is -2.10. The van der Waals surface area contributed by atoms with Crippen molar-refractivity contribution in [3.8, 4) is 0 Å². The number of hydrogen-bond acceptors (Lipinski definition) is 0. The third-order valence-corrected chi connectivity index (χ3v) is 4.95.